The Bertz CT molecular complexity index is 675. The van der Waals surface area contributed by atoms with E-state index in [4.69, 9.17) is 4.74 Å². The van der Waals surface area contributed by atoms with Gasteiger partial charge in [0.25, 0.3) is 0 Å². The SMILES string of the molecule is CC(=O)N1CCN(C(=O)CCC(=O)N(C)CCOc2ccccc2F)CC1. The summed E-state index contributed by atoms with van der Waals surface area (Å²) in [5, 5.41) is 0. The van der Waals surface area contributed by atoms with Crippen LogP contribution >= 0.6 is 0 Å². The number of carbonyl (C=O) groups excluding carboxylic acids is 3. The second-order valence-electron chi connectivity index (χ2n) is 6.48. The molecule has 8 heteroatoms. The Morgan fingerprint density at radius 3 is 2.33 bits per heavy atom. The van der Waals surface area contributed by atoms with Crippen molar-refractivity contribution < 1.29 is 23.5 Å². The normalized spacial score (nSPS) is 14.0. The Hall–Kier alpha value is -2.64. The van der Waals surface area contributed by atoms with Gasteiger partial charge in [-0.1, -0.05) is 12.1 Å². The van der Waals surface area contributed by atoms with E-state index in [-0.39, 0.29) is 42.9 Å². The molecule has 0 aromatic heterocycles. The third kappa shape index (κ3) is 6.23. The number of piperazine rings is 1. The maximum Gasteiger partial charge on any atom is 0.223 e. The molecule has 1 heterocycles. The summed E-state index contributed by atoms with van der Waals surface area (Å²) in [6.07, 6.45) is 0.249. The molecule has 0 spiro atoms. The van der Waals surface area contributed by atoms with Crippen LogP contribution in [0.4, 0.5) is 4.39 Å². The van der Waals surface area contributed by atoms with E-state index < -0.39 is 5.82 Å². The molecule has 0 aliphatic carbocycles. The van der Waals surface area contributed by atoms with Gasteiger partial charge in [0.1, 0.15) is 6.61 Å². The second kappa shape index (κ2) is 9.89. The lowest BCUT2D eigenvalue weighted by molar-refractivity contribution is -0.140. The first-order valence-electron chi connectivity index (χ1n) is 9.03. The van der Waals surface area contributed by atoms with E-state index in [1.54, 1.807) is 29.0 Å². The quantitative estimate of drug-likeness (QED) is 0.712. The molecule has 1 aromatic rings. The van der Waals surface area contributed by atoms with Crippen LogP contribution in [0.1, 0.15) is 19.8 Å². The van der Waals surface area contributed by atoms with Crippen LogP contribution in [0.5, 0.6) is 5.75 Å². The van der Waals surface area contributed by atoms with Crippen LogP contribution in [0.3, 0.4) is 0 Å². The van der Waals surface area contributed by atoms with Gasteiger partial charge < -0.3 is 19.4 Å². The predicted molar refractivity (Wildman–Crippen MR) is 97.6 cm³/mol. The Morgan fingerprint density at radius 1 is 1.07 bits per heavy atom. The number of para-hydroxylation sites is 1. The van der Waals surface area contributed by atoms with Crippen molar-refractivity contribution in [2.45, 2.75) is 19.8 Å². The molecule has 148 valence electrons. The van der Waals surface area contributed by atoms with Gasteiger partial charge in [0.2, 0.25) is 17.7 Å². The summed E-state index contributed by atoms with van der Waals surface area (Å²) in [5.74, 6) is -0.526. The maximum atomic E-state index is 13.5. The van der Waals surface area contributed by atoms with E-state index >= 15 is 0 Å². The van der Waals surface area contributed by atoms with Crippen LogP contribution in [-0.2, 0) is 14.4 Å². The van der Waals surface area contributed by atoms with Gasteiger partial charge >= 0.3 is 0 Å². The number of amides is 3. The van der Waals surface area contributed by atoms with E-state index in [1.807, 2.05) is 0 Å². The fourth-order valence-corrected chi connectivity index (χ4v) is 2.81. The Balaban J connectivity index is 1.66. The van der Waals surface area contributed by atoms with Crippen molar-refractivity contribution in [3.8, 4) is 5.75 Å². The van der Waals surface area contributed by atoms with Crippen LogP contribution < -0.4 is 4.74 Å². The van der Waals surface area contributed by atoms with Gasteiger partial charge in [-0.2, -0.15) is 0 Å². The molecule has 0 bridgehead atoms. The number of hydrogen-bond donors (Lipinski definition) is 0. The molecule has 3 amide bonds. The molecule has 7 nitrogen and oxygen atoms in total. The number of carbonyl (C=O) groups is 3. The fraction of sp³-hybridized carbons (Fsp3) is 0.526. The van der Waals surface area contributed by atoms with Crippen molar-refractivity contribution in [2.24, 2.45) is 0 Å². The minimum atomic E-state index is -0.443. The zero-order valence-electron chi connectivity index (χ0n) is 15.8. The lowest BCUT2D eigenvalue weighted by Gasteiger charge is -2.34. The predicted octanol–water partition coefficient (Wildman–Crippen LogP) is 1.13. The van der Waals surface area contributed by atoms with Gasteiger partial charge in [0, 0.05) is 53.0 Å². The molecule has 0 unspecified atom stereocenters. The zero-order chi connectivity index (χ0) is 19.8. The van der Waals surface area contributed by atoms with Crippen LogP contribution in [0.2, 0.25) is 0 Å². The molecular formula is C19H26FN3O4. The highest BCUT2D eigenvalue weighted by Gasteiger charge is 2.23. The Kier molecular flexibility index (Phi) is 7.57. The maximum absolute atomic E-state index is 13.5. The number of benzene rings is 1. The summed E-state index contributed by atoms with van der Waals surface area (Å²) in [4.78, 5) is 40.5. The summed E-state index contributed by atoms with van der Waals surface area (Å²) in [6, 6.07) is 6.09. The number of rotatable bonds is 7. The van der Waals surface area contributed by atoms with E-state index in [2.05, 4.69) is 0 Å². The van der Waals surface area contributed by atoms with Crippen LogP contribution in [-0.4, -0.2) is 78.8 Å². The number of nitrogens with zero attached hydrogens (tertiary/aromatic N) is 3. The molecule has 1 aromatic carbocycles. The van der Waals surface area contributed by atoms with Crippen molar-refractivity contribution in [1.82, 2.24) is 14.7 Å². The van der Waals surface area contributed by atoms with Gasteiger partial charge in [0.05, 0.1) is 6.54 Å². The molecule has 1 aliphatic rings. The Labute approximate surface area is 158 Å². The van der Waals surface area contributed by atoms with Crippen LogP contribution in [0, 0.1) is 5.82 Å². The highest BCUT2D eigenvalue weighted by Crippen LogP contribution is 2.15. The van der Waals surface area contributed by atoms with Crippen molar-refractivity contribution >= 4 is 17.7 Å². The number of ether oxygens (including phenoxy) is 1. The molecule has 2 rings (SSSR count). The molecule has 1 saturated heterocycles. The van der Waals surface area contributed by atoms with Crippen LogP contribution in [0.25, 0.3) is 0 Å². The first-order chi connectivity index (χ1) is 12.9. The first kappa shape index (κ1) is 20.7. The molecule has 0 radical (unpaired) electrons. The minimum absolute atomic E-state index is 0.0107. The molecule has 0 atom stereocenters. The fourth-order valence-electron chi connectivity index (χ4n) is 2.81. The lowest BCUT2D eigenvalue weighted by atomic mass is 10.2. The molecular weight excluding hydrogens is 353 g/mol. The largest absolute Gasteiger partial charge is 0.489 e. The Morgan fingerprint density at radius 2 is 1.70 bits per heavy atom. The third-order valence-corrected chi connectivity index (χ3v) is 4.58. The second-order valence-corrected chi connectivity index (χ2v) is 6.48. The zero-order valence-corrected chi connectivity index (χ0v) is 15.8. The molecule has 1 fully saturated rings. The molecule has 0 saturated carbocycles. The molecule has 1 aliphatic heterocycles. The van der Waals surface area contributed by atoms with Crippen LogP contribution in [0.15, 0.2) is 24.3 Å². The monoisotopic (exact) mass is 379 g/mol. The number of likely N-dealkylation sites (N-methyl/N-ethyl adjacent to an activating group) is 1. The third-order valence-electron chi connectivity index (χ3n) is 4.58. The number of hydrogen-bond acceptors (Lipinski definition) is 4. The van der Waals surface area contributed by atoms with Crippen molar-refractivity contribution in [3.05, 3.63) is 30.1 Å². The summed E-state index contributed by atoms with van der Waals surface area (Å²) in [5.41, 5.74) is 0. The summed E-state index contributed by atoms with van der Waals surface area (Å²) in [6.45, 7) is 4.05. The molecule has 0 N–H and O–H groups in total. The summed E-state index contributed by atoms with van der Waals surface area (Å²) >= 11 is 0. The van der Waals surface area contributed by atoms with Gasteiger partial charge in [-0.05, 0) is 12.1 Å². The van der Waals surface area contributed by atoms with E-state index in [0.717, 1.165) is 0 Å². The van der Waals surface area contributed by atoms with Gasteiger partial charge in [-0.3, -0.25) is 14.4 Å². The average Bonchev–Trinajstić information content (AvgIpc) is 2.67. The van der Waals surface area contributed by atoms with E-state index in [0.29, 0.717) is 32.7 Å². The highest BCUT2D eigenvalue weighted by molar-refractivity contribution is 5.84. The first-order valence-corrected chi connectivity index (χ1v) is 9.03. The molecule has 27 heavy (non-hydrogen) atoms. The van der Waals surface area contributed by atoms with Crippen molar-refractivity contribution in [2.75, 3.05) is 46.4 Å². The standard InChI is InChI=1S/C19H26FN3O4/c1-15(24)22-9-11-23(12-10-22)19(26)8-7-18(25)21(2)13-14-27-17-6-4-3-5-16(17)20/h3-6H,7-14H2,1-2H3. The van der Waals surface area contributed by atoms with Crippen molar-refractivity contribution in [3.63, 3.8) is 0 Å². The minimum Gasteiger partial charge on any atom is -0.489 e. The van der Waals surface area contributed by atoms with Crippen molar-refractivity contribution in [1.29, 1.82) is 0 Å². The summed E-state index contributed by atoms with van der Waals surface area (Å²) in [7, 11) is 1.63. The van der Waals surface area contributed by atoms with E-state index in [9.17, 15) is 18.8 Å². The number of halogens is 1. The van der Waals surface area contributed by atoms with Gasteiger partial charge in [-0.15, -0.1) is 0 Å². The van der Waals surface area contributed by atoms with Gasteiger partial charge in [-0.25, -0.2) is 4.39 Å². The lowest BCUT2D eigenvalue weighted by Crippen LogP contribution is -2.50. The smallest absolute Gasteiger partial charge is 0.223 e. The average molecular weight is 379 g/mol. The summed E-state index contributed by atoms with van der Waals surface area (Å²) < 4.78 is 18.8. The van der Waals surface area contributed by atoms with E-state index in [1.165, 1.54) is 24.0 Å². The topological polar surface area (TPSA) is 70.2 Å². The highest BCUT2D eigenvalue weighted by atomic mass is 19.1. The van der Waals surface area contributed by atoms with Gasteiger partial charge in [0.15, 0.2) is 11.6 Å².